The average molecular weight is 326 g/mol. The van der Waals surface area contributed by atoms with E-state index < -0.39 is 36.0 Å². The Bertz CT molecular complexity index is 458. The Morgan fingerprint density at radius 2 is 1.76 bits per heavy atom. The largest absolute Gasteiger partial charge is 0.282 e. The van der Waals surface area contributed by atoms with Crippen LogP contribution in [0.2, 0.25) is 0 Å². The molecule has 0 aliphatic carbocycles. The normalized spacial score (nSPS) is 14.0. The molecule has 21 heavy (non-hydrogen) atoms. The minimum absolute atomic E-state index is 0.337. The van der Waals surface area contributed by atoms with Gasteiger partial charge in [-0.3, -0.25) is 4.79 Å². The lowest BCUT2D eigenvalue weighted by Gasteiger charge is -2.22. The third-order valence-electron chi connectivity index (χ3n) is 2.67. The van der Waals surface area contributed by atoms with E-state index >= 15 is 0 Å². The molecule has 0 saturated heterocycles. The van der Waals surface area contributed by atoms with Gasteiger partial charge in [0.05, 0.1) is 0 Å². The van der Waals surface area contributed by atoms with Crippen LogP contribution >= 0.6 is 11.8 Å². The number of carbonyl (C=O) groups excluding carboxylic acids is 1. The number of rotatable bonds is 7. The van der Waals surface area contributed by atoms with E-state index in [1.165, 1.54) is 12.1 Å². The Hall–Kier alpha value is -1.11. The van der Waals surface area contributed by atoms with Crippen molar-refractivity contribution >= 4 is 16.9 Å². The van der Waals surface area contributed by atoms with E-state index in [1.807, 2.05) is 0 Å². The summed E-state index contributed by atoms with van der Waals surface area (Å²) in [6, 6.07) is 8.02. The monoisotopic (exact) mass is 326 g/mol. The fourth-order valence-electron chi connectivity index (χ4n) is 1.56. The molecule has 1 nitrogen and oxygen atoms in total. The molecule has 118 valence electrons. The third-order valence-corrected chi connectivity index (χ3v) is 3.58. The highest BCUT2D eigenvalue weighted by atomic mass is 32.2. The summed E-state index contributed by atoms with van der Waals surface area (Å²) in [5.41, 5.74) is 0.350. The van der Waals surface area contributed by atoms with Gasteiger partial charge in [-0.05, 0) is 6.92 Å². The van der Waals surface area contributed by atoms with Crippen LogP contribution in [0, 0.1) is 0 Å². The number of hydrogen-bond acceptors (Lipinski definition) is 2. The van der Waals surface area contributed by atoms with Crippen molar-refractivity contribution in [1.29, 1.82) is 0 Å². The Morgan fingerprint density at radius 3 is 2.29 bits per heavy atom. The van der Waals surface area contributed by atoms with Crippen molar-refractivity contribution in [3.05, 3.63) is 35.9 Å². The Kier molecular flexibility index (Phi) is 6.19. The first-order chi connectivity index (χ1) is 9.62. The second-order valence-electron chi connectivity index (χ2n) is 4.75. The molecule has 7 heteroatoms. The van der Waals surface area contributed by atoms with Crippen LogP contribution < -0.4 is 0 Å². The van der Waals surface area contributed by atoms with Gasteiger partial charge < -0.3 is 0 Å². The molecular formula is C14H15F5OS. The third kappa shape index (κ3) is 6.46. The Morgan fingerprint density at radius 1 is 1.19 bits per heavy atom. The van der Waals surface area contributed by atoms with Crippen molar-refractivity contribution in [3.63, 3.8) is 0 Å². The number of carbonyl (C=O) groups is 1. The SMILES string of the molecule is CC(F)(F)CC(F)C(F)(F)CCSC(=O)c1ccccc1. The van der Waals surface area contributed by atoms with Gasteiger partial charge >= 0.3 is 0 Å². The summed E-state index contributed by atoms with van der Waals surface area (Å²) in [5.74, 6) is -7.70. The predicted molar refractivity (Wildman–Crippen MR) is 72.9 cm³/mol. The van der Waals surface area contributed by atoms with Gasteiger partial charge in [0, 0.05) is 24.2 Å². The summed E-state index contributed by atoms with van der Waals surface area (Å²) in [7, 11) is 0. The molecule has 0 aliphatic heterocycles. The zero-order chi connectivity index (χ0) is 16.1. The highest BCUT2D eigenvalue weighted by Gasteiger charge is 2.44. The molecule has 0 bridgehead atoms. The van der Waals surface area contributed by atoms with Crippen LogP contribution in [0.25, 0.3) is 0 Å². The number of alkyl halides is 5. The van der Waals surface area contributed by atoms with Gasteiger partial charge in [-0.25, -0.2) is 22.0 Å². The van der Waals surface area contributed by atoms with Crippen LogP contribution in [0.4, 0.5) is 22.0 Å². The fraction of sp³-hybridized carbons (Fsp3) is 0.500. The van der Waals surface area contributed by atoms with Gasteiger partial charge in [0.15, 0.2) is 6.17 Å². The van der Waals surface area contributed by atoms with Crippen molar-refractivity contribution in [2.45, 2.75) is 37.8 Å². The van der Waals surface area contributed by atoms with Crippen molar-refractivity contribution < 1.29 is 26.7 Å². The zero-order valence-electron chi connectivity index (χ0n) is 11.3. The summed E-state index contributed by atoms with van der Waals surface area (Å²) in [6.45, 7) is 0.392. The number of halogens is 5. The molecule has 0 aromatic heterocycles. The molecule has 0 fully saturated rings. The van der Waals surface area contributed by atoms with Gasteiger partial charge in [0.1, 0.15) is 0 Å². The maximum atomic E-state index is 13.4. The molecule has 0 spiro atoms. The lowest BCUT2D eigenvalue weighted by Crippen LogP contribution is -2.35. The van der Waals surface area contributed by atoms with Gasteiger partial charge in [-0.2, -0.15) is 0 Å². The van der Waals surface area contributed by atoms with Crippen LogP contribution in [0.15, 0.2) is 30.3 Å². The Labute approximate surface area is 123 Å². The minimum Gasteiger partial charge on any atom is -0.282 e. The Balaban J connectivity index is 2.45. The first kappa shape index (κ1) is 17.9. The van der Waals surface area contributed by atoms with Crippen molar-refractivity contribution in [1.82, 2.24) is 0 Å². The van der Waals surface area contributed by atoms with Crippen molar-refractivity contribution in [2.24, 2.45) is 0 Å². The highest BCUT2D eigenvalue weighted by molar-refractivity contribution is 8.14. The molecule has 1 unspecified atom stereocenters. The van der Waals surface area contributed by atoms with Crippen LogP contribution in [-0.4, -0.2) is 28.9 Å². The maximum absolute atomic E-state index is 13.4. The van der Waals surface area contributed by atoms with Gasteiger partial charge in [0.2, 0.25) is 11.0 Å². The van der Waals surface area contributed by atoms with Crippen LogP contribution in [-0.2, 0) is 0 Å². The van der Waals surface area contributed by atoms with Gasteiger partial charge in [-0.1, -0.05) is 42.1 Å². The van der Waals surface area contributed by atoms with E-state index in [2.05, 4.69) is 0 Å². The highest BCUT2D eigenvalue weighted by Crippen LogP contribution is 2.34. The predicted octanol–water partition coefficient (Wildman–Crippen LogP) is 4.97. The summed E-state index contributed by atoms with van der Waals surface area (Å²) < 4.78 is 65.0. The molecule has 0 aliphatic rings. The summed E-state index contributed by atoms with van der Waals surface area (Å²) in [5, 5.41) is -0.414. The van der Waals surface area contributed by atoms with Gasteiger partial charge in [-0.15, -0.1) is 0 Å². The second-order valence-corrected chi connectivity index (χ2v) is 5.82. The van der Waals surface area contributed by atoms with E-state index in [0.29, 0.717) is 24.2 Å². The van der Waals surface area contributed by atoms with E-state index in [4.69, 9.17) is 0 Å². The van der Waals surface area contributed by atoms with E-state index in [1.54, 1.807) is 18.2 Å². The van der Waals surface area contributed by atoms with E-state index in [9.17, 15) is 26.7 Å². The lowest BCUT2D eigenvalue weighted by atomic mass is 10.1. The molecule has 0 heterocycles. The van der Waals surface area contributed by atoms with Crippen molar-refractivity contribution in [2.75, 3.05) is 5.75 Å². The molecular weight excluding hydrogens is 311 g/mol. The van der Waals surface area contributed by atoms with Gasteiger partial charge in [0.25, 0.3) is 5.92 Å². The minimum atomic E-state index is -3.87. The lowest BCUT2D eigenvalue weighted by molar-refractivity contribution is -0.112. The molecule has 1 atom stereocenters. The smallest absolute Gasteiger partial charge is 0.279 e. The zero-order valence-corrected chi connectivity index (χ0v) is 12.1. The standard InChI is InChI=1S/C14H15F5OS/c1-13(16,17)9-11(15)14(18,19)7-8-21-12(20)10-5-3-2-4-6-10/h2-6,11H,7-9H2,1H3. The molecule has 0 saturated carbocycles. The molecule has 0 amide bonds. The first-order valence-electron chi connectivity index (χ1n) is 6.24. The molecule has 1 aromatic rings. The summed E-state index contributed by atoms with van der Waals surface area (Å²) in [4.78, 5) is 11.6. The summed E-state index contributed by atoms with van der Waals surface area (Å²) in [6.07, 6.45) is -5.42. The average Bonchev–Trinajstić information content (AvgIpc) is 2.37. The molecule has 0 N–H and O–H groups in total. The maximum Gasteiger partial charge on any atom is 0.279 e. The molecule has 1 aromatic carbocycles. The summed E-state index contributed by atoms with van der Waals surface area (Å²) >= 11 is 0.619. The van der Waals surface area contributed by atoms with Crippen molar-refractivity contribution in [3.8, 4) is 0 Å². The van der Waals surface area contributed by atoms with E-state index in [-0.39, 0.29) is 5.75 Å². The molecule has 1 rings (SSSR count). The van der Waals surface area contributed by atoms with Crippen LogP contribution in [0.1, 0.15) is 30.1 Å². The van der Waals surface area contributed by atoms with E-state index in [0.717, 1.165) is 0 Å². The van der Waals surface area contributed by atoms with Crippen LogP contribution in [0.5, 0.6) is 0 Å². The first-order valence-corrected chi connectivity index (χ1v) is 7.22. The van der Waals surface area contributed by atoms with Crippen LogP contribution in [0.3, 0.4) is 0 Å². The molecule has 0 radical (unpaired) electrons. The quantitative estimate of drug-likeness (QED) is 0.658. The topological polar surface area (TPSA) is 17.1 Å². The number of benzene rings is 1. The number of hydrogen-bond donors (Lipinski definition) is 0. The second kappa shape index (κ2) is 7.24. The fourth-order valence-corrected chi connectivity index (χ4v) is 2.42. The number of thioether (sulfide) groups is 1.